The summed E-state index contributed by atoms with van der Waals surface area (Å²) in [5.74, 6) is -0.249. The zero-order valence-corrected chi connectivity index (χ0v) is 18.2. The van der Waals surface area contributed by atoms with Crippen LogP contribution in [-0.4, -0.2) is 100 Å². The van der Waals surface area contributed by atoms with Gasteiger partial charge in [-0.3, -0.25) is 19.4 Å². The summed E-state index contributed by atoms with van der Waals surface area (Å²) in [6.45, 7) is 5.22. The molecule has 30 heavy (non-hydrogen) atoms. The number of amides is 2. The van der Waals surface area contributed by atoms with Crippen LogP contribution in [0.3, 0.4) is 0 Å². The summed E-state index contributed by atoms with van der Waals surface area (Å²) in [6.07, 6.45) is 0.800. The number of hydrogen-bond acceptors (Lipinski definition) is 6. The van der Waals surface area contributed by atoms with E-state index in [0.717, 1.165) is 32.6 Å². The Morgan fingerprint density at radius 1 is 1.13 bits per heavy atom. The molecule has 1 aromatic carbocycles. The molecule has 8 nitrogen and oxygen atoms in total. The fourth-order valence-electron chi connectivity index (χ4n) is 3.29. The molecule has 1 aliphatic rings. The van der Waals surface area contributed by atoms with Crippen LogP contribution in [-0.2, 0) is 20.9 Å². The van der Waals surface area contributed by atoms with Crippen LogP contribution in [0.15, 0.2) is 18.2 Å². The summed E-state index contributed by atoms with van der Waals surface area (Å²) in [5, 5.41) is 2.89. The van der Waals surface area contributed by atoms with Crippen LogP contribution in [0.2, 0.25) is 0 Å². The van der Waals surface area contributed by atoms with Crippen molar-refractivity contribution in [3.8, 4) is 5.75 Å². The standard InChI is InChI=1S/C21H33FN4O4/c1-24(14-17-5-6-19(30-3)18(22)13-17)21(28)16-26-10-8-25(9-11-26)15-20(27)23-7-4-12-29-2/h5-6,13H,4,7-12,14-16H2,1-3H3,(H,23,27). The minimum absolute atomic E-state index is 0.0158. The van der Waals surface area contributed by atoms with Crippen LogP contribution in [0.4, 0.5) is 4.39 Å². The first-order valence-corrected chi connectivity index (χ1v) is 10.2. The van der Waals surface area contributed by atoms with Crippen molar-refractivity contribution < 1.29 is 23.5 Å². The van der Waals surface area contributed by atoms with Crippen LogP contribution >= 0.6 is 0 Å². The van der Waals surface area contributed by atoms with E-state index in [0.29, 0.717) is 38.3 Å². The maximum Gasteiger partial charge on any atom is 0.236 e. The summed E-state index contributed by atoms with van der Waals surface area (Å²) in [7, 11) is 4.78. The van der Waals surface area contributed by atoms with Crippen molar-refractivity contribution in [2.45, 2.75) is 13.0 Å². The molecule has 0 bridgehead atoms. The van der Waals surface area contributed by atoms with Gasteiger partial charge in [-0.1, -0.05) is 6.07 Å². The van der Waals surface area contributed by atoms with Crippen molar-refractivity contribution in [1.82, 2.24) is 20.0 Å². The van der Waals surface area contributed by atoms with E-state index in [1.165, 1.54) is 13.2 Å². The molecule has 0 aromatic heterocycles. The van der Waals surface area contributed by atoms with Gasteiger partial charge < -0.3 is 19.7 Å². The number of likely N-dealkylation sites (N-methyl/N-ethyl adjacent to an activating group) is 1. The number of carbonyl (C=O) groups is 2. The molecule has 168 valence electrons. The third-order valence-corrected chi connectivity index (χ3v) is 5.10. The Bertz CT molecular complexity index is 696. The zero-order chi connectivity index (χ0) is 21.9. The molecule has 1 aromatic rings. The fraction of sp³-hybridized carbons (Fsp3) is 0.619. The largest absolute Gasteiger partial charge is 0.494 e. The fourth-order valence-corrected chi connectivity index (χ4v) is 3.29. The highest BCUT2D eigenvalue weighted by molar-refractivity contribution is 5.78. The monoisotopic (exact) mass is 424 g/mol. The predicted octanol–water partition coefficient (Wildman–Crippen LogP) is 0.563. The predicted molar refractivity (Wildman–Crippen MR) is 112 cm³/mol. The highest BCUT2D eigenvalue weighted by atomic mass is 19.1. The lowest BCUT2D eigenvalue weighted by molar-refractivity contribution is -0.132. The Kier molecular flexibility index (Phi) is 9.99. The van der Waals surface area contributed by atoms with E-state index >= 15 is 0 Å². The van der Waals surface area contributed by atoms with Crippen molar-refractivity contribution in [3.05, 3.63) is 29.6 Å². The first-order valence-electron chi connectivity index (χ1n) is 10.2. The van der Waals surface area contributed by atoms with Gasteiger partial charge in [0.15, 0.2) is 11.6 Å². The molecule has 0 radical (unpaired) electrons. The minimum Gasteiger partial charge on any atom is -0.494 e. The first-order chi connectivity index (χ1) is 14.4. The van der Waals surface area contributed by atoms with E-state index in [-0.39, 0.29) is 17.6 Å². The summed E-state index contributed by atoms with van der Waals surface area (Å²) < 4.78 is 23.7. The zero-order valence-electron chi connectivity index (χ0n) is 18.2. The van der Waals surface area contributed by atoms with E-state index in [4.69, 9.17) is 9.47 Å². The summed E-state index contributed by atoms with van der Waals surface area (Å²) in [5.41, 5.74) is 0.713. The maximum absolute atomic E-state index is 13.8. The quantitative estimate of drug-likeness (QED) is 0.524. The number of benzene rings is 1. The lowest BCUT2D eigenvalue weighted by atomic mass is 10.2. The second-order valence-corrected chi connectivity index (χ2v) is 7.47. The highest BCUT2D eigenvalue weighted by Crippen LogP contribution is 2.18. The molecule has 2 rings (SSSR count). The van der Waals surface area contributed by atoms with Gasteiger partial charge >= 0.3 is 0 Å². The van der Waals surface area contributed by atoms with Gasteiger partial charge in [-0.05, 0) is 24.1 Å². The third-order valence-electron chi connectivity index (χ3n) is 5.10. The molecular formula is C21H33FN4O4. The average Bonchev–Trinajstić information content (AvgIpc) is 2.72. The van der Waals surface area contributed by atoms with Crippen molar-refractivity contribution in [2.24, 2.45) is 0 Å². The van der Waals surface area contributed by atoms with Crippen molar-refractivity contribution in [2.75, 3.05) is 73.7 Å². The normalized spacial score (nSPS) is 15.1. The van der Waals surface area contributed by atoms with Crippen LogP contribution in [0.1, 0.15) is 12.0 Å². The Morgan fingerprint density at radius 3 is 2.40 bits per heavy atom. The van der Waals surface area contributed by atoms with E-state index in [9.17, 15) is 14.0 Å². The Labute approximate surface area is 177 Å². The van der Waals surface area contributed by atoms with Crippen LogP contribution in [0.5, 0.6) is 5.75 Å². The second-order valence-electron chi connectivity index (χ2n) is 7.47. The van der Waals surface area contributed by atoms with Crippen LogP contribution < -0.4 is 10.1 Å². The van der Waals surface area contributed by atoms with Crippen molar-refractivity contribution in [1.29, 1.82) is 0 Å². The molecule has 1 saturated heterocycles. The molecule has 1 aliphatic heterocycles. The van der Waals surface area contributed by atoms with Gasteiger partial charge in [0.2, 0.25) is 11.8 Å². The number of ether oxygens (including phenoxy) is 2. The average molecular weight is 425 g/mol. The highest BCUT2D eigenvalue weighted by Gasteiger charge is 2.22. The van der Waals surface area contributed by atoms with Gasteiger partial charge in [0.1, 0.15) is 0 Å². The van der Waals surface area contributed by atoms with Gasteiger partial charge in [-0.2, -0.15) is 0 Å². The van der Waals surface area contributed by atoms with E-state index < -0.39 is 5.82 Å². The number of nitrogens with zero attached hydrogens (tertiary/aromatic N) is 3. The number of nitrogens with one attached hydrogen (secondary N) is 1. The smallest absolute Gasteiger partial charge is 0.236 e. The molecule has 1 heterocycles. The molecule has 2 amide bonds. The number of halogens is 1. The van der Waals surface area contributed by atoms with Gasteiger partial charge in [-0.15, -0.1) is 0 Å². The lowest BCUT2D eigenvalue weighted by Crippen LogP contribution is -2.51. The van der Waals surface area contributed by atoms with Crippen LogP contribution in [0, 0.1) is 5.82 Å². The minimum atomic E-state index is -0.435. The molecule has 0 aliphatic carbocycles. The van der Waals surface area contributed by atoms with Crippen LogP contribution in [0.25, 0.3) is 0 Å². The van der Waals surface area contributed by atoms with E-state index in [2.05, 4.69) is 15.1 Å². The Morgan fingerprint density at radius 2 is 1.80 bits per heavy atom. The van der Waals surface area contributed by atoms with Gasteiger partial charge in [-0.25, -0.2) is 4.39 Å². The summed E-state index contributed by atoms with van der Waals surface area (Å²) >= 11 is 0. The number of methoxy groups -OCH3 is 2. The van der Waals surface area contributed by atoms with E-state index in [1.807, 2.05) is 0 Å². The number of carbonyl (C=O) groups excluding carboxylic acids is 2. The number of rotatable bonds is 11. The molecule has 1 N–H and O–H groups in total. The van der Waals surface area contributed by atoms with Crippen molar-refractivity contribution >= 4 is 11.8 Å². The SMILES string of the molecule is COCCCNC(=O)CN1CCN(CC(=O)N(C)Cc2ccc(OC)c(F)c2)CC1. The molecule has 0 saturated carbocycles. The summed E-state index contributed by atoms with van der Waals surface area (Å²) in [6, 6.07) is 4.71. The van der Waals surface area contributed by atoms with Crippen molar-refractivity contribution in [3.63, 3.8) is 0 Å². The molecule has 0 unspecified atom stereocenters. The topological polar surface area (TPSA) is 74.4 Å². The van der Waals surface area contributed by atoms with Gasteiger partial charge in [0.05, 0.1) is 20.2 Å². The molecule has 0 atom stereocenters. The Balaban J connectivity index is 1.69. The number of hydrogen-bond donors (Lipinski definition) is 1. The lowest BCUT2D eigenvalue weighted by Gasteiger charge is -2.34. The molecule has 1 fully saturated rings. The maximum atomic E-state index is 13.8. The van der Waals surface area contributed by atoms with Gasteiger partial charge in [0, 0.05) is 60.0 Å². The summed E-state index contributed by atoms with van der Waals surface area (Å²) in [4.78, 5) is 30.3. The molecule has 9 heteroatoms. The van der Waals surface area contributed by atoms with E-state index in [1.54, 1.807) is 31.2 Å². The molecule has 0 spiro atoms. The molecular weight excluding hydrogens is 391 g/mol. The first kappa shape index (κ1) is 24.0. The Hall–Kier alpha value is -2.23. The second kappa shape index (κ2) is 12.5. The third kappa shape index (κ3) is 7.89. The van der Waals surface area contributed by atoms with Gasteiger partial charge in [0.25, 0.3) is 0 Å². The number of piperazine rings is 1.